The highest BCUT2D eigenvalue weighted by molar-refractivity contribution is 6.00. The van der Waals surface area contributed by atoms with Gasteiger partial charge < -0.3 is 0 Å². The number of fused-ring (bicyclic) bond motifs is 1. The van der Waals surface area contributed by atoms with Crippen LogP contribution in [0.3, 0.4) is 0 Å². The van der Waals surface area contributed by atoms with Crippen molar-refractivity contribution in [2.24, 2.45) is 0 Å². The zero-order valence-electron chi connectivity index (χ0n) is 9.49. The van der Waals surface area contributed by atoms with Crippen molar-refractivity contribution in [2.75, 3.05) is 0 Å². The lowest BCUT2D eigenvalue weighted by molar-refractivity contribution is 0.0994. The highest BCUT2D eigenvalue weighted by Crippen LogP contribution is 2.27. The summed E-state index contributed by atoms with van der Waals surface area (Å²) in [6.45, 7) is 0.145. The summed E-state index contributed by atoms with van der Waals surface area (Å²) in [4.78, 5) is 11.6. The SMILES string of the molecule is O=C1CCc2c1ccc(F)c2Cn1cc(F)cn1. The predicted octanol–water partition coefficient (Wildman–Crippen LogP) is 2.34. The van der Waals surface area contributed by atoms with Gasteiger partial charge in [-0.2, -0.15) is 5.10 Å². The zero-order valence-corrected chi connectivity index (χ0v) is 9.49. The number of halogens is 2. The van der Waals surface area contributed by atoms with Gasteiger partial charge in [-0.15, -0.1) is 0 Å². The standard InChI is InChI=1S/C13H10F2N2O/c14-8-5-16-17(6-8)7-11-9-2-4-13(18)10(9)1-3-12(11)15/h1,3,5-6H,2,4,7H2. The number of Topliss-reactive ketones (excluding diaryl/α,β-unsaturated/α-hetero) is 1. The Kier molecular flexibility index (Phi) is 2.47. The molecule has 3 nitrogen and oxygen atoms in total. The van der Waals surface area contributed by atoms with Crippen LogP contribution in [0.15, 0.2) is 24.5 Å². The fourth-order valence-electron chi connectivity index (χ4n) is 2.34. The molecule has 5 heteroatoms. The smallest absolute Gasteiger partial charge is 0.163 e. The Bertz CT molecular complexity index is 634. The molecular formula is C13H10F2N2O. The normalized spacial score (nSPS) is 14.0. The second kappa shape index (κ2) is 4.01. The zero-order chi connectivity index (χ0) is 12.7. The van der Waals surface area contributed by atoms with E-state index in [0.717, 1.165) is 11.8 Å². The maximum Gasteiger partial charge on any atom is 0.163 e. The third-order valence-electron chi connectivity index (χ3n) is 3.20. The summed E-state index contributed by atoms with van der Waals surface area (Å²) in [6.07, 6.45) is 3.24. The summed E-state index contributed by atoms with van der Waals surface area (Å²) in [5.41, 5.74) is 1.75. The Hall–Kier alpha value is -2.04. The molecule has 0 atom stereocenters. The number of carbonyl (C=O) groups is 1. The lowest BCUT2D eigenvalue weighted by atomic mass is 10.0. The molecule has 0 saturated heterocycles. The first kappa shape index (κ1) is 11.1. The van der Waals surface area contributed by atoms with Crippen molar-refractivity contribution < 1.29 is 13.6 Å². The van der Waals surface area contributed by atoms with E-state index in [1.54, 1.807) is 0 Å². The molecule has 0 bridgehead atoms. The fraction of sp³-hybridized carbons (Fsp3) is 0.231. The lowest BCUT2D eigenvalue weighted by Crippen LogP contribution is -2.06. The van der Waals surface area contributed by atoms with Crippen LogP contribution in [0.4, 0.5) is 8.78 Å². The van der Waals surface area contributed by atoms with Gasteiger partial charge in [0.25, 0.3) is 0 Å². The van der Waals surface area contributed by atoms with Crippen LogP contribution in [-0.4, -0.2) is 15.6 Å². The average Bonchev–Trinajstić information content (AvgIpc) is 2.90. The molecule has 0 N–H and O–H groups in total. The Balaban J connectivity index is 2.04. The molecule has 18 heavy (non-hydrogen) atoms. The van der Waals surface area contributed by atoms with Gasteiger partial charge in [0.05, 0.1) is 18.9 Å². The molecule has 2 aromatic rings. The summed E-state index contributed by atoms with van der Waals surface area (Å²) in [7, 11) is 0. The van der Waals surface area contributed by atoms with E-state index in [-0.39, 0.29) is 18.1 Å². The number of aromatic nitrogens is 2. The number of rotatable bonds is 2. The van der Waals surface area contributed by atoms with Crippen LogP contribution < -0.4 is 0 Å². The second-order valence-corrected chi connectivity index (χ2v) is 4.33. The maximum atomic E-state index is 13.8. The molecule has 0 amide bonds. The van der Waals surface area contributed by atoms with Gasteiger partial charge in [-0.25, -0.2) is 8.78 Å². The molecule has 0 radical (unpaired) electrons. The quantitative estimate of drug-likeness (QED) is 0.817. The molecule has 92 valence electrons. The van der Waals surface area contributed by atoms with E-state index < -0.39 is 5.82 Å². The van der Waals surface area contributed by atoms with Crippen LogP contribution in [0, 0.1) is 11.6 Å². The molecule has 0 unspecified atom stereocenters. The van der Waals surface area contributed by atoms with Crippen molar-refractivity contribution in [2.45, 2.75) is 19.4 Å². The summed E-state index contributed by atoms with van der Waals surface area (Å²) in [6, 6.07) is 2.81. The third kappa shape index (κ3) is 1.72. The molecule has 0 aliphatic heterocycles. The molecule has 1 aliphatic carbocycles. The summed E-state index contributed by atoms with van der Waals surface area (Å²) < 4.78 is 28.0. The van der Waals surface area contributed by atoms with Crippen LogP contribution in [0.2, 0.25) is 0 Å². The molecule has 0 spiro atoms. The van der Waals surface area contributed by atoms with E-state index in [9.17, 15) is 13.6 Å². The molecule has 0 saturated carbocycles. The van der Waals surface area contributed by atoms with Crippen molar-refractivity contribution in [1.82, 2.24) is 9.78 Å². The highest BCUT2D eigenvalue weighted by Gasteiger charge is 2.24. The van der Waals surface area contributed by atoms with Crippen LogP contribution >= 0.6 is 0 Å². The van der Waals surface area contributed by atoms with E-state index in [1.807, 2.05) is 0 Å². The van der Waals surface area contributed by atoms with Gasteiger partial charge in [-0.05, 0) is 24.1 Å². The molecule has 1 aromatic heterocycles. The average molecular weight is 248 g/mol. The van der Waals surface area contributed by atoms with Crippen LogP contribution in [0.5, 0.6) is 0 Å². The molecule has 1 heterocycles. The van der Waals surface area contributed by atoms with E-state index >= 15 is 0 Å². The van der Waals surface area contributed by atoms with Crippen molar-refractivity contribution in [3.8, 4) is 0 Å². The van der Waals surface area contributed by atoms with Crippen molar-refractivity contribution in [3.05, 3.63) is 52.9 Å². The number of nitrogens with zero attached hydrogens (tertiary/aromatic N) is 2. The first-order chi connectivity index (χ1) is 8.65. The molecular weight excluding hydrogens is 238 g/mol. The molecule has 1 aromatic carbocycles. The van der Waals surface area contributed by atoms with Crippen LogP contribution in [-0.2, 0) is 13.0 Å². The molecule has 0 fully saturated rings. The molecule has 3 rings (SSSR count). The number of hydrogen-bond donors (Lipinski definition) is 0. The van der Waals surface area contributed by atoms with E-state index in [2.05, 4.69) is 5.10 Å². The third-order valence-corrected chi connectivity index (χ3v) is 3.20. The van der Waals surface area contributed by atoms with Crippen molar-refractivity contribution in [1.29, 1.82) is 0 Å². The fourth-order valence-corrected chi connectivity index (χ4v) is 2.34. The lowest BCUT2D eigenvalue weighted by Gasteiger charge is -2.09. The van der Waals surface area contributed by atoms with E-state index in [1.165, 1.54) is 23.0 Å². The number of hydrogen-bond acceptors (Lipinski definition) is 2. The first-order valence-electron chi connectivity index (χ1n) is 5.66. The number of carbonyl (C=O) groups excluding carboxylic acids is 1. The monoisotopic (exact) mass is 248 g/mol. The highest BCUT2D eigenvalue weighted by atomic mass is 19.1. The first-order valence-corrected chi connectivity index (χ1v) is 5.66. The summed E-state index contributed by atoms with van der Waals surface area (Å²) >= 11 is 0. The largest absolute Gasteiger partial charge is 0.294 e. The van der Waals surface area contributed by atoms with Crippen molar-refractivity contribution >= 4 is 5.78 Å². The van der Waals surface area contributed by atoms with Gasteiger partial charge in [0.2, 0.25) is 0 Å². The summed E-state index contributed by atoms with van der Waals surface area (Å²) in [5, 5.41) is 3.79. The van der Waals surface area contributed by atoms with Gasteiger partial charge in [-0.1, -0.05) is 0 Å². The number of benzene rings is 1. The van der Waals surface area contributed by atoms with Gasteiger partial charge in [0, 0.05) is 17.5 Å². The Morgan fingerprint density at radius 1 is 1.28 bits per heavy atom. The topological polar surface area (TPSA) is 34.9 Å². The minimum Gasteiger partial charge on any atom is -0.294 e. The van der Waals surface area contributed by atoms with Gasteiger partial charge >= 0.3 is 0 Å². The Morgan fingerprint density at radius 2 is 2.11 bits per heavy atom. The van der Waals surface area contributed by atoms with E-state index in [4.69, 9.17) is 0 Å². The van der Waals surface area contributed by atoms with Crippen molar-refractivity contribution in [3.63, 3.8) is 0 Å². The Morgan fingerprint density at radius 3 is 2.83 bits per heavy atom. The van der Waals surface area contributed by atoms with Crippen LogP contribution in [0.1, 0.15) is 27.9 Å². The van der Waals surface area contributed by atoms with Crippen LogP contribution in [0.25, 0.3) is 0 Å². The molecule has 1 aliphatic rings. The second-order valence-electron chi connectivity index (χ2n) is 4.33. The minimum absolute atomic E-state index is 0.0397. The van der Waals surface area contributed by atoms with Gasteiger partial charge in [0.1, 0.15) is 5.82 Å². The Labute approximate surface area is 102 Å². The van der Waals surface area contributed by atoms with Gasteiger partial charge in [-0.3, -0.25) is 9.48 Å². The van der Waals surface area contributed by atoms with Gasteiger partial charge in [0.15, 0.2) is 11.6 Å². The summed E-state index contributed by atoms with van der Waals surface area (Å²) in [5.74, 6) is -0.795. The number of ketones is 1. The minimum atomic E-state index is -0.459. The van der Waals surface area contributed by atoms with E-state index in [0.29, 0.717) is 24.0 Å². The maximum absolute atomic E-state index is 13.8. The predicted molar refractivity (Wildman–Crippen MR) is 60.3 cm³/mol.